The molecule has 0 N–H and O–H groups in total. The lowest BCUT2D eigenvalue weighted by atomic mass is 10.1. The van der Waals surface area contributed by atoms with Crippen LogP contribution < -0.4 is 5.63 Å². The first kappa shape index (κ1) is 12.1. The van der Waals surface area contributed by atoms with Crippen LogP contribution in [0.5, 0.6) is 0 Å². The quantitative estimate of drug-likeness (QED) is 0.472. The molecule has 1 heterocycles. The van der Waals surface area contributed by atoms with Gasteiger partial charge < -0.3 is 9.15 Å². The van der Waals surface area contributed by atoms with Gasteiger partial charge in [0.1, 0.15) is 17.8 Å². The average Bonchev–Trinajstić information content (AvgIpc) is 2.36. The van der Waals surface area contributed by atoms with Gasteiger partial charge in [-0.3, -0.25) is 0 Å². The molecule has 0 fully saturated rings. The van der Waals surface area contributed by atoms with Crippen molar-refractivity contribution in [2.75, 3.05) is 6.61 Å². The van der Waals surface area contributed by atoms with E-state index in [1.54, 1.807) is 25.1 Å². The predicted octanol–water partition coefficient (Wildman–Crippen LogP) is 2.44. The highest BCUT2D eigenvalue weighted by Gasteiger charge is 2.19. The van der Waals surface area contributed by atoms with Gasteiger partial charge in [0.05, 0.1) is 0 Å². The Morgan fingerprint density at radius 1 is 1.44 bits per heavy atom. The summed E-state index contributed by atoms with van der Waals surface area (Å²) < 4.78 is 9.96. The van der Waals surface area contributed by atoms with E-state index in [2.05, 4.69) is 6.58 Å². The number of carbonyl (C=O) groups is 1. The molecule has 0 radical (unpaired) electrons. The third kappa shape index (κ3) is 2.05. The van der Waals surface area contributed by atoms with Crippen molar-refractivity contribution in [1.29, 1.82) is 0 Å². The van der Waals surface area contributed by atoms with E-state index < -0.39 is 11.6 Å². The minimum Gasteiger partial charge on any atom is -0.458 e. The number of benzene rings is 1. The molecule has 92 valence electrons. The Morgan fingerprint density at radius 3 is 2.89 bits per heavy atom. The lowest BCUT2D eigenvalue weighted by Crippen LogP contribution is -2.18. The minimum absolute atomic E-state index is 0.0597. The lowest BCUT2D eigenvalue weighted by molar-refractivity contribution is 0.0544. The first-order valence-electron chi connectivity index (χ1n) is 5.45. The number of para-hydroxylation sites is 1. The number of aryl methyl sites for hydroxylation is 1. The first-order chi connectivity index (χ1) is 8.65. The highest BCUT2D eigenvalue weighted by atomic mass is 16.5. The normalized spacial score (nSPS) is 10.3. The van der Waals surface area contributed by atoms with Gasteiger partial charge in [-0.15, -0.1) is 0 Å². The summed E-state index contributed by atoms with van der Waals surface area (Å²) in [7, 11) is 0. The molecule has 1 aromatic carbocycles. The van der Waals surface area contributed by atoms with Crippen LogP contribution >= 0.6 is 0 Å². The van der Waals surface area contributed by atoms with Crippen LogP contribution in [0.4, 0.5) is 0 Å². The fraction of sp³-hybridized carbons (Fsp3) is 0.143. The smallest absolute Gasteiger partial charge is 0.351 e. The molecule has 4 heteroatoms. The van der Waals surface area contributed by atoms with E-state index in [0.717, 1.165) is 5.39 Å². The third-order valence-electron chi connectivity index (χ3n) is 2.61. The molecule has 4 nitrogen and oxygen atoms in total. The fourth-order valence-corrected chi connectivity index (χ4v) is 1.75. The van der Waals surface area contributed by atoms with Crippen molar-refractivity contribution in [1.82, 2.24) is 0 Å². The summed E-state index contributed by atoms with van der Waals surface area (Å²) >= 11 is 0. The summed E-state index contributed by atoms with van der Waals surface area (Å²) in [4.78, 5) is 23.5. The number of ether oxygens (including phenoxy) is 1. The van der Waals surface area contributed by atoms with Gasteiger partial charge >= 0.3 is 11.6 Å². The molecule has 1 aromatic heterocycles. The van der Waals surface area contributed by atoms with Crippen molar-refractivity contribution in [2.24, 2.45) is 0 Å². The largest absolute Gasteiger partial charge is 0.458 e. The third-order valence-corrected chi connectivity index (χ3v) is 2.61. The summed E-state index contributed by atoms with van der Waals surface area (Å²) in [6.07, 6.45) is 1.44. The van der Waals surface area contributed by atoms with Crippen molar-refractivity contribution in [3.05, 3.63) is 58.5 Å². The lowest BCUT2D eigenvalue weighted by Gasteiger charge is -2.06. The average molecular weight is 244 g/mol. The summed E-state index contributed by atoms with van der Waals surface area (Å²) in [5.74, 6) is -0.688. The van der Waals surface area contributed by atoms with Crippen LogP contribution in [0.3, 0.4) is 0 Å². The monoisotopic (exact) mass is 244 g/mol. The van der Waals surface area contributed by atoms with Crippen molar-refractivity contribution in [2.45, 2.75) is 6.92 Å². The Balaban J connectivity index is 2.60. The van der Waals surface area contributed by atoms with Gasteiger partial charge in [0.25, 0.3) is 0 Å². The molecule has 0 aliphatic heterocycles. The second-order valence-corrected chi connectivity index (χ2v) is 3.77. The van der Waals surface area contributed by atoms with Crippen LogP contribution in [0.15, 0.2) is 46.1 Å². The molecule has 2 aromatic rings. The molecule has 0 unspecified atom stereocenters. The van der Waals surface area contributed by atoms with Crippen molar-refractivity contribution in [3.63, 3.8) is 0 Å². The Labute approximate surface area is 103 Å². The Morgan fingerprint density at radius 2 is 2.17 bits per heavy atom. The van der Waals surface area contributed by atoms with Crippen LogP contribution in [0.1, 0.15) is 15.9 Å². The number of hydrogen-bond acceptors (Lipinski definition) is 4. The van der Waals surface area contributed by atoms with E-state index in [1.165, 1.54) is 6.08 Å². The molecule has 2 rings (SSSR count). The maximum atomic E-state index is 11.8. The molecule has 0 saturated heterocycles. The molecule has 18 heavy (non-hydrogen) atoms. The van der Waals surface area contributed by atoms with E-state index in [1.807, 2.05) is 6.07 Å². The van der Waals surface area contributed by atoms with Crippen molar-refractivity contribution in [3.8, 4) is 0 Å². The van der Waals surface area contributed by atoms with Crippen molar-refractivity contribution >= 4 is 16.9 Å². The molecule has 0 atom stereocenters. The molecular formula is C14H12O4. The van der Waals surface area contributed by atoms with Crippen LogP contribution in [0.2, 0.25) is 0 Å². The van der Waals surface area contributed by atoms with Gasteiger partial charge in [0.15, 0.2) is 0 Å². The van der Waals surface area contributed by atoms with Gasteiger partial charge in [-0.2, -0.15) is 0 Å². The van der Waals surface area contributed by atoms with E-state index >= 15 is 0 Å². The second-order valence-electron chi connectivity index (χ2n) is 3.77. The fourth-order valence-electron chi connectivity index (χ4n) is 1.75. The van der Waals surface area contributed by atoms with E-state index in [0.29, 0.717) is 11.1 Å². The topological polar surface area (TPSA) is 56.5 Å². The highest BCUT2D eigenvalue weighted by molar-refractivity contribution is 5.95. The van der Waals surface area contributed by atoms with Crippen molar-refractivity contribution < 1.29 is 13.9 Å². The molecule has 0 amide bonds. The number of hydrogen-bond donors (Lipinski definition) is 0. The molecule has 0 spiro atoms. The zero-order valence-corrected chi connectivity index (χ0v) is 9.93. The van der Waals surface area contributed by atoms with Crippen LogP contribution in [-0.4, -0.2) is 12.6 Å². The number of carbonyl (C=O) groups excluding carboxylic acids is 1. The maximum Gasteiger partial charge on any atom is 0.351 e. The number of esters is 1. The summed E-state index contributed by atoms with van der Waals surface area (Å²) in [5, 5.41) is 0.725. The van der Waals surface area contributed by atoms with Gasteiger partial charge in [-0.05, 0) is 18.6 Å². The predicted molar refractivity (Wildman–Crippen MR) is 67.7 cm³/mol. The highest BCUT2D eigenvalue weighted by Crippen LogP contribution is 2.19. The molecule has 0 saturated carbocycles. The molecule has 0 bridgehead atoms. The zero-order valence-electron chi connectivity index (χ0n) is 9.93. The van der Waals surface area contributed by atoms with Crippen LogP contribution in [0, 0.1) is 6.92 Å². The summed E-state index contributed by atoms with van der Waals surface area (Å²) in [6, 6.07) is 7.05. The Kier molecular flexibility index (Phi) is 3.28. The maximum absolute atomic E-state index is 11.8. The van der Waals surface area contributed by atoms with Gasteiger partial charge in [0.2, 0.25) is 0 Å². The van der Waals surface area contributed by atoms with Crippen LogP contribution in [0.25, 0.3) is 11.0 Å². The van der Waals surface area contributed by atoms with E-state index in [4.69, 9.17) is 9.15 Å². The Bertz CT molecular complexity index is 667. The first-order valence-corrected chi connectivity index (χ1v) is 5.45. The molecule has 0 aliphatic carbocycles. The van der Waals surface area contributed by atoms with E-state index in [9.17, 15) is 9.59 Å². The summed E-state index contributed by atoms with van der Waals surface area (Å²) in [6.45, 7) is 5.20. The van der Waals surface area contributed by atoms with E-state index in [-0.39, 0.29) is 12.2 Å². The van der Waals surface area contributed by atoms with Gasteiger partial charge in [-0.1, -0.05) is 30.9 Å². The molecule has 0 aliphatic rings. The number of rotatable bonds is 3. The van der Waals surface area contributed by atoms with Gasteiger partial charge in [-0.25, -0.2) is 9.59 Å². The number of fused-ring (bicyclic) bond motifs is 1. The van der Waals surface area contributed by atoms with Crippen LogP contribution in [-0.2, 0) is 4.74 Å². The summed E-state index contributed by atoms with van der Waals surface area (Å²) in [5.41, 5.74) is 0.284. The second kappa shape index (κ2) is 4.87. The zero-order chi connectivity index (χ0) is 13.1. The Hall–Kier alpha value is -2.36. The van der Waals surface area contributed by atoms with Gasteiger partial charge in [0, 0.05) is 5.39 Å². The standard InChI is InChI=1S/C14H12O4/c1-3-8-17-13(15)12-9(2)10-6-4-5-7-11(10)18-14(12)16/h3-7H,1,8H2,2H3. The molecular weight excluding hydrogens is 232 g/mol. The SMILES string of the molecule is C=CCOC(=O)c1c(C)c2ccccc2oc1=O. The minimum atomic E-state index is -0.688.